The van der Waals surface area contributed by atoms with E-state index in [0.29, 0.717) is 6.54 Å². The maximum Gasteiger partial charge on any atom is 0.195 e. The number of aromatic nitrogens is 1. The van der Waals surface area contributed by atoms with E-state index in [9.17, 15) is 0 Å². The highest BCUT2D eigenvalue weighted by Gasteiger charge is 2.10. The first-order valence-electron chi connectivity index (χ1n) is 5.53. The van der Waals surface area contributed by atoms with Gasteiger partial charge in [0.15, 0.2) is 5.89 Å². The summed E-state index contributed by atoms with van der Waals surface area (Å²) in [6, 6.07) is 10.1. The van der Waals surface area contributed by atoms with Crippen molar-refractivity contribution in [3.63, 3.8) is 0 Å². The predicted molar refractivity (Wildman–Crippen MR) is 64.1 cm³/mol. The van der Waals surface area contributed by atoms with Crippen LogP contribution < -0.4 is 5.73 Å². The lowest BCUT2D eigenvalue weighted by Gasteiger charge is -1.94. The molecule has 84 valence electrons. The Bertz CT molecular complexity index is 448. The van der Waals surface area contributed by atoms with Crippen LogP contribution in [-0.4, -0.2) is 11.5 Å². The minimum Gasteiger partial charge on any atom is -0.445 e. The van der Waals surface area contributed by atoms with E-state index in [-0.39, 0.29) is 0 Å². The Kier molecular flexibility index (Phi) is 3.37. The van der Waals surface area contributed by atoms with Crippen molar-refractivity contribution in [1.82, 2.24) is 4.98 Å². The number of aryl methyl sites for hydroxylation is 2. The third-order valence-corrected chi connectivity index (χ3v) is 2.48. The molecule has 2 N–H and O–H groups in total. The van der Waals surface area contributed by atoms with Crippen LogP contribution in [0.2, 0.25) is 0 Å². The van der Waals surface area contributed by atoms with Crippen LogP contribution in [0.25, 0.3) is 11.3 Å². The van der Waals surface area contributed by atoms with Gasteiger partial charge in [-0.25, -0.2) is 4.98 Å². The van der Waals surface area contributed by atoms with Gasteiger partial charge >= 0.3 is 0 Å². The summed E-state index contributed by atoms with van der Waals surface area (Å²) in [5, 5.41) is 0. The summed E-state index contributed by atoms with van der Waals surface area (Å²) < 4.78 is 5.60. The normalized spacial score (nSPS) is 10.6. The third kappa shape index (κ3) is 2.31. The van der Waals surface area contributed by atoms with E-state index in [0.717, 1.165) is 35.7 Å². The van der Waals surface area contributed by atoms with E-state index in [2.05, 4.69) is 4.98 Å². The molecule has 0 saturated heterocycles. The Morgan fingerprint density at radius 1 is 1.25 bits per heavy atom. The Morgan fingerprint density at radius 2 is 2.00 bits per heavy atom. The number of hydrogen-bond acceptors (Lipinski definition) is 3. The van der Waals surface area contributed by atoms with Crippen molar-refractivity contribution >= 4 is 0 Å². The molecule has 1 aromatic heterocycles. The van der Waals surface area contributed by atoms with Gasteiger partial charge in [-0.3, -0.25) is 0 Å². The predicted octanol–water partition coefficient (Wildman–Crippen LogP) is 2.54. The summed E-state index contributed by atoms with van der Waals surface area (Å²) in [6.07, 6.45) is 1.72. The lowest BCUT2D eigenvalue weighted by molar-refractivity contribution is 0.466. The minimum atomic E-state index is 0.669. The highest BCUT2D eigenvalue weighted by molar-refractivity contribution is 5.60. The molecule has 1 heterocycles. The van der Waals surface area contributed by atoms with Crippen LogP contribution in [0, 0.1) is 6.92 Å². The summed E-state index contributed by atoms with van der Waals surface area (Å²) in [5.41, 5.74) is 7.50. The quantitative estimate of drug-likeness (QED) is 0.854. The molecular formula is C13H16N2O. The molecule has 0 unspecified atom stereocenters. The lowest BCUT2D eigenvalue weighted by atomic mass is 10.1. The van der Waals surface area contributed by atoms with Gasteiger partial charge in [0.1, 0.15) is 11.5 Å². The zero-order valence-electron chi connectivity index (χ0n) is 9.44. The van der Waals surface area contributed by atoms with Gasteiger partial charge in [0.25, 0.3) is 0 Å². The summed E-state index contributed by atoms with van der Waals surface area (Å²) in [6.45, 7) is 2.61. The molecule has 16 heavy (non-hydrogen) atoms. The summed E-state index contributed by atoms with van der Waals surface area (Å²) in [4.78, 5) is 4.50. The summed E-state index contributed by atoms with van der Waals surface area (Å²) >= 11 is 0. The maximum atomic E-state index is 5.60. The molecule has 0 amide bonds. The third-order valence-electron chi connectivity index (χ3n) is 2.48. The smallest absolute Gasteiger partial charge is 0.195 e. The zero-order chi connectivity index (χ0) is 11.4. The molecule has 0 spiro atoms. The second-order valence-corrected chi connectivity index (χ2v) is 3.77. The minimum absolute atomic E-state index is 0.669. The first kappa shape index (κ1) is 10.9. The highest BCUT2D eigenvalue weighted by Crippen LogP contribution is 2.23. The van der Waals surface area contributed by atoms with E-state index in [1.807, 2.05) is 37.3 Å². The Hall–Kier alpha value is -1.61. The number of rotatable bonds is 4. The highest BCUT2D eigenvalue weighted by atomic mass is 16.4. The Labute approximate surface area is 95.3 Å². The van der Waals surface area contributed by atoms with Gasteiger partial charge in [0.05, 0.1) is 0 Å². The maximum absolute atomic E-state index is 5.60. The fourth-order valence-electron chi connectivity index (χ4n) is 1.68. The van der Waals surface area contributed by atoms with Crippen LogP contribution in [0.1, 0.15) is 18.1 Å². The van der Waals surface area contributed by atoms with Crippen LogP contribution in [0.5, 0.6) is 0 Å². The number of oxazole rings is 1. The molecule has 3 heteroatoms. The molecule has 0 aliphatic heterocycles. The Balaban J connectivity index is 2.25. The topological polar surface area (TPSA) is 52.0 Å². The van der Waals surface area contributed by atoms with Gasteiger partial charge < -0.3 is 10.2 Å². The Morgan fingerprint density at radius 3 is 2.69 bits per heavy atom. The molecular weight excluding hydrogens is 200 g/mol. The van der Waals surface area contributed by atoms with Gasteiger partial charge in [-0.05, 0) is 19.9 Å². The molecule has 0 aliphatic rings. The molecule has 1 aromatic carbocycles. The standard InChI is InChI=1S/C13H16N2O/c1-10-13(11-6-3-2-4-7-11)15-12(16-10)8-5-9-14/h2-4,6-7H,5,8-9,14H2,1H3. The van der Waals surface area contributed by atoms with Crippen molar-refractivity contribution in [2.75, 3.05) is 6.54 Å². The average Bonchev–Trinajstić information content (AvgIpc) is 2.69. The van der Waals surface area contributed by atoms with Crippen LogP contribution >= 0.6 is 0 Å². The van der Waals surface area contributed by atoms with Crippen LogP contribution in [0.3, 0.4) is 0 Å². The summed E-state index contributed by atoms with van der Waals surface area (Å²) in [7, 11) is 0. The monoisotopic (exact) mass is 216 g/mol. The van der Waals surface area contributed by atoms with Crippen molar-refractivity contribution in [2.24, 2.45) is 5.73 Å². The van der Waals surface area contributed by atoms with Gasteiger partial charge in [-0.1, -0.05) is 30.3 Å². The molecule has 0 atom stereocenters. The molecule has 0 radical (unpaired) electrons. The second-order valence-electron chi connectivity index (χ2n) is 3.77. The first-order chi connectivity index (χ1) is 7.81. The fraction of sp³-hybridized carbons (Fsp3) is 0.308. The van der Waals surface area contributed by atoms with Crippen molar-refractivity contribution in [2.45, 2.75) is 19.8 Å². The lowest BCUT2D eigenvalue weighted by Crippen LogP contribution is -2.00. The number of nitrogens with zero attached hydrogens (tertiary/aromatic N) is 1. The molecule has 2 rings (SSSR count). The SMILES string of the molecule is Cc1oc(CCCN)nc1-c1ccccc1. The second kappa shape index (κ2) is 4.94. The van der Waals surface area contributed by atoms with Gasteiger partial charge in [0.2, 0.25) is 0 Å². The first-order valence-corrected chi connectivity index (χ1v) is 5.53. The number of hydrogen-bond donors (Lipinski definition) is 1. The van der Waals surface area contributed by atoms with Gasteiger partial charge in [-0.15, -0.1) is 0 Å². The van der Waals surface area contributed by atoms with Crippen molar-refractivity contribution < 1.29 is 4.42 Å². The molecule has 3 nitrogen and oxygen atoms in total. The van der Waals surface area contributed by atoms with Gasteiger partial charge in [-0.2, -0.15) is 0 Å². The largest absolute Gasteiger partial charge is 0.445 e. The van der Waals surface area contributed by atoms with Crippen LogP contribution in [0.4, 0.5) is 0 Å². The molecule has 0 bridgehead atoms. The van der Waals surface area contributed by atoms with E-state index in [1.54, 1.807) is 0 Å². The van der Waals surface area contributed by atoms with E-state index in [4.69, 9.17) is 10.2 Å². The molecule has 0 aliphatic carbocycles. The van der Waals surface area contributed by atoms with Crippen molar-refractivity contribution in [3.8, 4) is 11.3 Å². The van der Waals surface area contributed by atoms with E-state index < -0.39 is 0 Å². The van der Waals surface area contributed by atoms with Crippen LogP contribution in [-0.2, 0) is 6.42 Å². The van der Waals surface area contributed by atoms with Crippen molar-refractivity contribution in [3.05, 3.63) is 42.0 Å². The van der Waals surface area contributed by atoms with Gasteiger partial charge in [0, 0.05) is 12.0 Å². The summed E-state index contributed by atoms with van der Waals surface area (Å²) in [5.74, 6) is 1.65. The van der Waals surface area contributed by atoms with Crippen molar-refractivity contribution in [1.29, 1.82) is 0 Å². The number of benzene rings is 1. The van der Waals surface area contributed by atoms with E-state index in [1.165, 1.54) is 0 Å². The van der Waals surface area contributed by atoms with E-state index >= 15 is 0 Å². The zero-order valence-corrected chi connectivity index (χ0v) is 9.44. The molecule has 0 fully saturated rings. The number of nitrogens with two attached hydrogens (primary N) is 1. The molecule has 2 aromatic rings. The fourth-order valence-corrected chi connectivity index (χ4v) is 1.68. The average molecular weight is 216 g/mol. The van der Waals surface area contributed by atoms with Crippen LogP contribution in [0.15, 0.2) is 34.7 Å². The molecule has 0 saturated carbocycles.